The van der Waals surface area contributed by atoms with Gasteiger partial charge in [0.05, 0.1) is 28.4 Å². The zero-order chi connectivity index (χ0) is 21.0. The molecule has 2 aromatic carbocycles. The van der Waals surface area contributed by atoms with Gasteiger partial charge < -0.3 is 18.9 Å². The van der Waals surface area contributed by atoms with Gasteiger partial charge in [0, 0.05) is 12.3 Å². The average Bonchev–Trinajstić information content (AvgIpc) is 3.19. The number of carbonyl (C=O) groups is 2. The third-order valence-corrected chi connectivity index (χ3v) is 5.40. The topological polar surface area (TPSA) is 71.1 Å². The molecule has 0 aromatic heterocycles. The van der Waals surface area contributed by atoms with E-state index in [0.717, 1.165) is 22.4 Å². The zero-order valence-electron chi connectivity index (χ0n) is 16.9. The molecule has 152 valence electrons. The van der Waals surface area contributed by atoms with Crippen LogP contribution in [0.1, 0.15) is 23.5 Å². The van der Waals surface area contributed by atoms with Gasteiger partial charge in [-0.25, -0.2) is 0 Å². The summed E-state index contributed by atoms with van der Waals surface area (Å²) < 4.78 is 20.6. The highest BCUT2D eigenvalue weighted by molar-refractivity contribution is 6.05. The quantitative estimate of drug-likeness (QED) is 0.549. The number of rotatable bonds is 6. The van der Waals surface area contributed by atoms with Crippen molar-refractivity contribution < 1.29 is 28.5 Å². The second kappa shape index (κ2) is 8.39. The first kappa shape index (κ1) is 20.5. The molecule has 6 heteroatoms. The van der Waals surface area contributed by atoms with E-state index in [9.17, 15) is 9.59 Å². The number of allylic oxidation sites excluding steroid dienone is 2. The van der Waals surface area contributed by atoms with Crippen LogP contribution < -0.4 is 9.47 Å². The van der Waals surface area contributed by atoms with Gasteiger partial charge in [0.25, 0.3) is 0 Å². The second-order valence-corrected chi connectivity index (χ2v) is 6.80. The van der Waals surface area contributed by atoms with Crippen LogP contribution in [0.5, 0.6) is 11.5 Å². The van der Waals surface area contributed by atoms with Crippen LogP contribution in [0, 0.1) is 5.41 Å². The molecule has 0 aliphatic heterocycles. The van der Waals surface area contributed by atoms with Crippen LogP contribution in [0.3, 0.4) is 0 Å². The zero-order valence-corrected chi connectivity index (χ0v) is 16.9. The second-order valence-electron chi connectivity index (χ2n) is 6.80. The predicted octanol–water partition coefficient (Wildman–Crippen LogP) is 3.61. The molecule has 3 rings (SSSR count). The molecule has 1 atom stereocenters. The minimum atomic E-state index is -1.49. The number of hydrogen-bond donors (Lipinski definition) is 0. The van der Waals surface area contributed by atoms with Crippen molar-refractivity contribution in [3.8, 4) is 11.5 Å². The lowest BCUT2D eigenvalue weighted by molar-refractivity contribution is -0.169. The fourth-order valence-corrected chi connectivity index (χ4v) is 3.85. The summed E-state index contributed by atoms with van der Waals surface area (Å²) >= 11 is 0. The molecule has 0 saturated heterocycles. The molecule has 0 saturated carbocycles. The fourth-order valence-electron chi connectivity index (χ4n) is 3.85. The van der Waals surface area contributed by atoms with Crippen LogP contribution in [0.4, 0.5) is 0 Å². The van der Waals surface area contributed by atoms with Crippen molar-refractivity contribution >= 4 is 17.5 Å². The molecular formula is C23H24O6. The lowest BCUT2D eigenvalue weighted by Gasteiger charge is -2.30. The molecule has 29 heavy (non-hydrogen) atoms. The van der Waals surface area contributed by atoms with E-state index >= 15 is 0 Å². The van der Waals surface area contributed by atoms with E-state index in [1.807, 2.05) is 42.5 Å². The van der Waals surface area contributed by atoms with Crippen molar-refractivity contribution in [1.29, 1.82) is 0 Å². The summed E-state index contributed by atoms with van der Waals surface area (Å²) in [6.07, 6.45) is 2.12. The monoisotopic (exact) mass is 396 g/mol. The van der Waals surface area contributed by atoms with E-state index in [1.165, 1.54) is 14.2 Å². The molecule has 0 fully saturated rings. The van der Waals surface area contributed by atoms with Crippen molar-refractivity contribution in [2.75, 3.05) is 28.4 Å². The van der Waals surface area contributed by atoms with E-state index in [1.54, 1.807) is 26.4 Å². The number of esters is 2. The molecule has 1 aliphatic rings. The molecule has 1 unspecified atom stereocenters. The Hall–Kier alpha value is -3.28. The molecule has 0 amide bonds. The normalized spacial score (nSPS) is 17.2. The van der Waals surface area contributed by atoms with Crippen molar-refractivity contribution in [2.45, 2.75) is 12.3 Å². The van der Waals surface area contributed by atoms with E-state index in [2.05, 4.69) is 0 Å². The Morgan fingerprint density at radius 2 is 1.28 bits per heavy atom. The molecule has 2 aromatic rings. The molecule has 0 radical (unpaired) electrons. The summed E-state index contributed by atoms with van der Waals surface area (Å²) in [4.78, 5) is 25.8. The minimum absolute atomic E-state index is 0.176. The van der Waals surface area contributed by atoms with Gasteiger partial charge in [-0.3, -0.25) is 9.59 Å². The molecule has 0 spiro atoms. The maximum atomic E-state index is 12.9. The highest BCUT2D eigenvalue weighted by Crippen LogP contribution is 2.52. The molecule has 1 aliphatic carbocycles. The third-order valence-electron chi connectivity index (χ3n) is 5.40. The maximum absolute atomic E-state index is 12.9. The number of hydrogen-bond acceptors (Lipinski definition) is 6. The third kappa shape index (κ3) is 3.58. The Morgan fingerprint density at radius 3 is 1.72 bits per heavy atom. The van der Waals surface area contributed by atoms with Gasteiger partial charge >= 0.3 is 11.9 Å². The Kier molecular flexibility index (Phi) is 5.92. The van der Waals surface area contributed by atoms with Crippen LogP contribution in [-0.2, 0) is 19.1 Å². The molecule has 0 heterocycles. The van der Waals surface area contributed by atoms with Crippen LogP contribution >= 0.6 is 0 Å². The van der Waals surface area contributed by atoms with Gasteiger partial charge in [0.2, 0.25) is 0 Å². The van der Waals surface area contributed by atoms with Crippen LogP contribution in [0.25, 0.3) is 5.57 Å². The van der Waals surface area contributed by atoms with Gasteiger partial charge in [-0.2, -0.15) is 0 Å². The predicted molar refractivity (Wildman–Crippen MR) is 108 cm³/mol. The Bertz CT molecular complexity index is 895. The van der Waals surface area contributed by atoms with E-state index in [-0.39, 0.29) is 6.42 Å². The Balaban J connectivity index is 2.12. The summed E-state index contributed by atoms with van der Waals surface area (Å²) in [7, 11) is 5.75. The van der Waals surface area contributed by atoms with Crippen LogP contribution in [0.15, 0.2) is 54.6 Å². The molecular weight excluding hydrogens is 372 g/mol. The highest BCUT2D eigenvalue weighted by Gasteiger charge is 2.57. The highest BCUT2D eigenvalue weighted by atomic mass is 16.5. The maximum Gasteiger partial charge on any atom is 0.324 e. The smallest absolute Gasteiger partial charge is 0.324 e. The van der Waals surface area contributed by atoms with Crippen LogP contribution in [0.2, 0.25) is 0 Å². The van der Waals surface area contributed by atoms with Crippen molar-refractivity contribution in [2.24, 2.45) is 5.41 Å². The SMILES string of the molecule is COC(=O)C1(C(=O)OC)CC(c2ccc(OC)cc2)=CC1c1ccc(OC)cc1. The lowest BCUT2D eigenvalue weighted by Crippen LogP contribution is -2.43. The van der Waals surface area contributed by atoms with E-state index in [4.69, 9.17) is 18.9 Å². The van der Waals surface area contributed by atoms with E-state index in [0.29, 0.717) is 5.75 Å². The lowest BCUT2D eigenvalue weighted by atomic mass is 9.73. The summed E-state index contributed by atoms with van der Waals surface area (Å²) in [5, 5.41) is 0. The van der Waals surface area contributed by atoms with E-state index < -0.39 is 23.3 Å². The molecule has 0 N–H and O–H groups in total. The Morgan fingerprint density at radius 1 is 0.793 bits per heavy atom. The standard InChI is InChI=1S/C23H24O6/c1-26-18-9-5-15(6-10-18)17-13-20(16-7-11-19(27-2)12-8-16)23(14-17,21(24)28-3)22(25)29-4/h5-13,20H,14H2,1-4H3. The first-order chi connectivity index (χ1) is 14.0. The molecule has 6 nitrogen and oxygen atoms in total. The van der Waals surface area contributed by atoms with Gasteiger partial charge in [-0.05, 0) is 41.0 Å². The summed E-state index contributed by atoms with van der Waals surface area (Å²) in [6, 6.07) is 14.8. The molecule has 0 bridgehead atoms. The number of ether oxygens (including phenoxy) is 4. The average molecular weight is 396 g/mol. The summed E-state index contributed by atoms with van der Waals surface area (Å²) in [6.45, 7) is 0. The largest absolute Gasteiger partial charge is 0.497 e. The fraction of sp³-hybridized carbons (Fsp3) is 0.304. The number of methoxy groups -OCH3 is 4. The van der Waals surface area contributed by atoms with Crippen LogP contribution in [-0.4, -0.2) is 40.4 Å². The van der Waals surface area contributed by atoms with Crippen molar-refractivity contribution in [1.82, 2.24) is 0 Å². The Labute approximate surface area is 170 Å². The summed E-state index contributed by atoms with van der Waals surface area (Å²) in [5.74, 6) is -0.362. The number of carbonyl (C=O) groups excluding carboxylic acids is 2. The summed E-state index contributed by atoms with van der Waals surface area (Å²) in [5.41, 5.74) is 1.07. The van der Waals surface area contributed by atoms with Gasteiger partial charge in [0.15, 0.2) is 5.41 Å². The first-order valence-electron chi connectivity index (χ1n) is 9.16. The van der Waals surface area contributed by atoms with Gasteiger partial charge in [-0.15, -0.1) is 0 Å². The van der Waals surface area contributed by atoms with Crippen molar-refractivity contribution in [3.63, 3.8) is 0 Å². The van der Waals surface area contributed by atoms with Gasteiger partial charge in [-0.1, -0.05) is 30.3 Å². The number of benzene rings is 2. The van der Waals surface area contributed by atoms with Gasteiger partial charge in [0.1, 0.15) is 11.5 Å². The first-order valence-corrected chi connectivity index (χ1v) is 9.16. The van der Waals surface area contributed by atoms with Crippen molar-refractivity contribution in [3.05, 3.63) is 65.7 Å². The minimum Gasteiger partial charge on any atom is -0.497 e.